The minimum Gasteiger partial charge on any atom is -0.393 e. The van der Waals surface area contributed by atoms with Crippen LogP contribution in [-0.2, 0) is 9.53 Å². The predicted molar refractivity (Wildman–Crippen MR) is 138 cm³/mol. The number of carbonyl (C=O) groups excluding carboxylic acids is 1. The Morgan fingerprint density at radius 3 is 2.35 bits per heavy atom. The van der Waals surface area contributed by atoms with Gasteiger partial charge in [-0.15, -0.1) is 0 Å². The molecule has 1 saturated heterocycles. The molecule has 208 valence electrons. The number of rotatable bonds is 3. The molecule has 0 bridgehead atoms. The molecule has 5 aliphatic rings. The molecule has 37 heavy (non-hydrogen) atoms. The summed E-state index contributed by atoms with van der Waals surface area (Å²) in [6.45, 7) is 13.3. The summed E-state index contributed by atoms with van der Waals surface area (Å²) in [7, 11) is 0. The monoisotopic (exact) mass is 518 g/mol. The van der Waals surface area contributed by atoms with E-state index in [1.807, 2.05) is 19.9 Å². The van der Waals surface area contributed by atoms with Crippen molar-refractivity contribution in [3.05, 3.63) is 23.8 Å². The fourth-order valence-electron chi connectivity index (χ4n) is 9.86. The van der Waals surface area contributed by atoms with Crippen LogP contribution in [0.1, 0.15) is 74.1 Å². The van der Waals surface area contributed by atoms with Crippen LogP contribution in [0.4, 0.5) is 0 Å². The summed E-state index contributed by atoms with van der Waals surface area (Å²) in [5.41, 5.74) is -2.46. The number of hydrogen-bond donors (Lipinski definition) is 5. The van der Waals surface area contributed by atoms with Gasteiger partial charge in [-0.05, 0) is 68.3 Å². The molecule has 0 aromatic carbocycles. The van der Waals surface area contributed by atoms with Crippen molar-refractivity contribution >= 4 is 5.78 Å². The number of ether oxygens (including phenoxy) is 1. The highest BCUT2D eigenvalue weighted by Gasteiger charge is 2.70. The smallest absolute Gasteiger partial charge is 0.161 e. The van der Waals surface area contributed by atoms with Gasteiger partial charge < -0.3 is 30.3 Å². The second-order valence-electron chi connectivity index (χ2n) is 14.6. The number of fused-ring (bicyclic) bond motifs is 5. The summed E-state index contributed by atoms with van der Waals surface area (Å²) >= 11 is 0. The van der Waals surface area contributed by atoms with Crippen LogP contribution in [0.3, 0.4) is 0 Å². The van der Waals surface area contributed by atoms with E-state index in [0.29, 0.717) is 25.7 Å². The van der Waals surface area contributed by atoms with E-state index in [4.69, 9.17) is 4.74 Å². The zero-order chi connectivity index (χ0) is 27.5. The van der Waals surface area contributed by atoms with Crippen molar-refractivity contribution in [2.24, 2.45) is 45.3 Å². The van der Waals surface area contributed by atoms with Gasteiger partial charge in [0.05, 0.1) is 23.9 Å². The average molecular weight is 519 g/mol. The van der Waals surface area contributed by atoms with E-state index in [0.717, 1.165) is 5.57 Å². The van der Waals surface area contributed by atoms with Crippen LogP contribution < -0.4 is 0 Å². The van der Waals surface area contributed by atoms with E-state index in [1.54, 1.807) is 6.08 Å². The molecular formula is C30H46O7. The number of aliphatic hydroxyl groups excluding tert-OH is 4. The van der Waals surface area contributed by atoms with Crippen LogP contribution >= 0.6 is 0 Å². The highest BCUT2D eigenvalue weighted by molar-refractivity contribution is 5.95. The lowest BCUT2D eigenvalue weighted by molar-refractivity contribution is -0.200. The Bertz CT molecular complexity index is 1030. The number of carbonyl (C=O) groups is 1. The standard InChI is InChI=1S/C30H46O7/c1-26(2)20-13-22(33)30(7)19-9-8-16(15-12-18(37-25(15)35)24(34)27(3,4)36)29(19,6)14-17(31)23(30)28(20,5)11-10-21(26)32/h9-11,15-18,20,22-25,31,33-36H,8,12-14H2,1-7H3. The lowest BCUT2D eigenvalue weighted by Crippen LogP contribution is -2.67. The summed E-state index contributed by atoms with van der Waals surface area (Å²) in [5, 5.41) is 55.6. The number of aliphatic hydroxyl groups is 5. The lowest BCUT2D eigenvalue weighted by atomic mass is 9.37. The van der Waals surface area contributed by atoms with Crippen molar-refractivity contribution < 1.29 is 35.1 Å². The Kier molecular flexibility index (Phi) is 6.10. The Morgan fingerprint density at radius 2 is 1.73 bits per heavy atom. The van der Waals surface area contributed by atoms with Gasteiger partial charge in [-0.1, -0.05) is 52.3 Å². The third-order valence-electron chi connectivity index (χ3n) is 11.7. The highest BCUT2D eigenvalue weighted by Crippen LogP contribution is 2.72. The first-order valence-electron chi connectivity index (χ1n) is 13.9. The quantitative estimate of drug-likeness (QED) is 0.364. The normalized spacial score (nSPS) is 51.8. The maximum atomic E-state index is 12.8. The molecule has 5 N–H and O–H groups in total. The molecule has 1 aliphatic heterocycles. The molecule has 0 amide bonds. The van der Waals surface area contributed by atoms with Crippen molar-refractivity contribution in [1.29, 1.82) is 0 Å². The largest absolute Gasteiger partial charge is 0.393 e. The van der Waals surface area contributed by atoms with Gasteiger partial charge in [-0.25, -0.2) is 0 Å². The summed E-state index contributed by atoms with van der Waals surface area (Å²) in [6, 6.07) is 0. The fourth-order valence-corrected chi connectivity index (χ4v) is 9.86. The second kappa shape index (κ2) is 8.21. The van der Waals surface area contributed by atoms with Gasteiger partial charge in [-0.2, -0.15) is 0 Å². The van der Waals surface area contributed by atoms with Crippen LogP contribution in [0, 0.1) is 45.3 Å². The maximum absolute atomic E-state index is 12.8. The third kappa shape index (κ3) is 3.57. The first kappa shape index (κ1) is 27.5. The molecule has 0 spiro atoms. The van der Waals surface area contributed by atoms with Crippen LogP contribution in [0.15, 0.2) is 23.8 Å². The molecule has 0 aromatic heterocycles. The van der Waals surface area contributed by atoms with Crippen LogP contribution in [-0.4, -0.2) is 67.6 Å². The van der Waals surface area contributed by atoms with Gasteiger partial charge in [0.15, 0.2) is 12.1 Å². The third-order valence-corrected chi connectivity index (χ3v) is 11.7. The Morgan fingerprint density at radius 1 is 1.08 bits per heavy atom. The molecule has 7 heteroatoms. The predicted octanol–water partition coefficient (Wildman–Crippen LogP) is 2.73. The summed E-state index contributed by atoms with van der Waals surface area (Å²) in [5.74, 6) is -0.592. The number of allylic oxidation sites excluding steroid dienone is 3. The number of hydrogen-bond acceptors (Lipinski definition) is 7. The van der Waals surface area contributed by atoms with E-state index in [2.05, 4.69) is 26.8 Å². The van der Waals surface area contributed by atoms with Gasteiger partial charge in [0.2, 0.25) is 0 Å². The van der Waals surface area contributed by atoms with Gasteiger partial charge in [0.25, 0.3) is 0 Å². The molecule has 1 heterocycles. The van der Waals surface area contributed by atoms with E-state index in [9.17, 15) is 30.3 Å². The number of ketones is 1. The molecule has 5 rings (SSSR count). The molecule has 0 radical (unpaired) electrons. The first-order chi connectivity index (χ1) is 16.9. The summed E-state index contributed by atoms with van der Waals surface area (Å²) in [4.78, 5) is 12.8. The first-order valence-corrected chi connectivity index (χ1v) is 13.9. The van der Waals surface area contributed by atoms with Crippen molar-refractivity contribution in [2.45, 2.75) is 110 Å². The average Bonchev–Trinajstić information content (AvgIpc) is 3.31. The Balaban J connectivity index is 1.50. The van der Waals surface area contributed by atoms with Gasteiger partial charge >= 0.3 is 0 Å². The van der Waals surface area contributed by atoms with Crippen molar-refractivity contribution in [1.82, 2.24) is 0 Å². The van der Waals surface area contributed by atoms with Crippen molar-refractivity contribution in [2.75, 3.05) is 0 Å². The van der Waals surface area contributed by atoms with Crippen LogP contribution in [0.25, 0.3) is 0 Å². The SMILES string of the molecule is CC(C)(O)C(O)C1CC(C2CC=C3C2(C)CC(O)C2C4(C)C=CC(=O)C(C)(C)C4CC(O)C32C)C(O)O1. The fraction of sp³-hybridized carbons (Fsp3) is 0.833. The zero-order valence-electron chi connectivity index (χ0n) is 23.3. The highest BCUT2D eigenvalue weighted by atomic mass is 16.6. The van der Waals surface area contributed by atoms with Crippen LogP contribution in [0.2, 0.25) is 0 Å². The Hall–Kier alpha value is -1.09. The van der Waals surface area contributed by atoms with E-state index < -0.39 is 58.0 Å². The van der Waals surface area contributed by atoms with E-state index >= 15 is 0 Å². The molecule has 12 atom stereocenters. The lowest BCUT2D eigenvalue weighted by Gasteiger charge is -2.67. The van der Waals surface area contributed by atoms with Crippen molar-refractivity contribution in [3.63, 3.8) is 0 Å². The second-order valence-corrected chi connectivity index (χ2v) is 14.6. The van der Waals surface area contributed by atoms with Gasteiger partial charge in [-0.3, -0.25) is 4.79 Å². The molecule has 7 nitrogen and oxygen atoms in total. The maximum Gasteiger partial charge on any atom is 0.161 e. The minimum absolute atomic E-state index is 0.0402. The van der Waals surface area contributed by atoms with Gasteiger partial charge in [0.1, 0.15) is 6.10 Å². The van der Waals surface area contributed by atoms with E-state index in [1.165, 1.54) is 13.8 Å². The van der Waals surface area contributed by atoms with Crippen LogP contribution in [0.5, 0.6) is 0 Å². The molecule has 2 saturated carbocycles. The van der Waals surface area contributed by atoms with Crippen molar-refractivity contribution in [3.8, 4) is 0 Å². The topological polar surface area (TPSA) is 127 Å². The minimum atomic E-state index is -1.36. The zero-order valence-corrected chi connectivity index (χ0v) is 23.3. The molecule has 0 aromatic rings. The summed E-state index contributed by atoms with van der Waals surface area (Å²) in [6.07, 6.45) is 3.63. The van der Waals surface area contributed by atoms with E-state index in [-0.39, 0.29) is 29.5 Å². The molecule has 3 fully saturated rings. The molecule has 12 unspecified atom stereocenters. The summed E-state index contributed by atoms with van der Waals surface area (Å²) < 4.78 is 5.77. The van der Waals surface area contributed by atoms with Gasteiger partial charge in [0, 0.05) is 22.7 Å². The Labute approximate surface area is 220 Å². The molecular weight excluding hydrogens is 472 g/mol. The molecule has 4 aliphatic carbocycles.